The van der Waals surface area contributed by atoms with Gasteiger partial charge < -0.3 is 10.1 Å². The van der Waals surface area contributed by atoms with Crippen LogP contribution in [0.15, 0.2) is 48.5 Å². The van der Waals surface area contributed by atoms with Crippen molar-refractivity contribution >= 4 is 0 Å². The third-order valence-electron chi connectivity index (χ3n) is 3.54. The van der Waals surface area contributed by atoms with E-state index in [1.165, 1.54) is 16.7 Å². The summed E-state index contributed by atoms with van der Waals surface area (Å²) in [5, 5.41) is 3.52. The van der Waals surface area contributed by atoms with E-state index in [1.54, 1.807) is 7.11 Å². The molecular weight excluding hydrogens is 246 g/mol. The molecule has 0 amide bonds. The molecule has 0 bridgehead atoms. The van der Waals surface area contributed by atoms with Gasteiger partial charge in [0.25, 0.3) is 0 Å². The van der Waals surface area contributed by atoms with Gasteiger partial charge in [0.1, 0.15) is 5.75 Å². The second-order valence-electron chi connectivity index (χ2n) is 4.90. The van der Waals surface area contributed by atoms with Crippen molar-refractivity contribution in [3.63, 3.8) is 0 Å². The molecule has 0 saturated carbocycles. The molecule has 0 radical (unpaired) electrons. The lowest BCUT2D eigenvalue weighted by atomic mass is 10.1. The largest absolute Gasteiger partial charge is 0.497 e. The molecule has 2 aromatic carbocycles. The first-order valence-corrected chi connectivity index (χ1v) is 7.24. The van der Waals surface area contributed by atoms with E-state index in [-0.39, 0.29) is 0 Å². The van der Waals surface area contributed by atoms with Crippen molar-refractivity contribution < 1.29 is 4.74 Å². The van der Waals surface area contributed by atoms with Crippen molar-refractivity contribution in [2.45, 2.75) is 26.3 Å². The fourth-order valence-electron chi connectivity index (χ4n) is 2.36. The van der Waals surface area contributed by atoms with Gasteiger partial charge in [-0.3, -0.25) is 0 Å². The van der Waals surface area contributed by atoms with Crippen LogP contribution in [0.3, 0.4) is 0 Å². The van der Waals surface area contributed by atoms with Crippen molar-refractivity contribution in [2.75, 3.05) is 13.7 Å². The molecule has 2 rings (SSSR count). The quantitative estimate of drug-likeness (QED) is 0.776. The number of rotatable bonds is 7. The van der Waals surface area contributed by atoms with E-state index in [9.17, 15) is 0 Å². The topological polar surface area (TPSA) is 21.3 Å². The smallest absolute Gasteiger partial charge is 0.119 e. The molecule has 0 heterocycles. The molecular formula is C18H23NO. The lowest BCUT2D eigenvalue weighted by Crippen LogP contribution is -2.17. The highest BCUT2D eigenvalue weighted by Gasteiger charge is 2.00. The van der Waals surface area contributed by atoms with Gasteiger partial charge in [0, 0.05) is 6.54 Å². The first kappa shape index (κ1) is 14.6. The van der Waals surface area contributed by atoms with Crippen molar-refractivity contribution in [1.29, 1.82) is 0 Å². The molecule has 0 aliphatic heterocycles. The molecule has 0 saturated heterocycles. The molecule has 0 fully saturated rings. The number of hydrogen-bond donors (Lipinski definition) is 1. The summed E-state index contributed by atoms with van der Waals surface area (Å²) in [5.41, 5.74) is 4.14. The van der Waals surface area contributed by atoms with Crippen LogP contribution in [0, 0.1) is 0 Å². The maximum atomic E-state index is 5.24. The van der Waals surface area contributed by atoms with Crippen molar-refractivity contribution in [3.8, 4) is 5.75 Å². The van der Waals surface area contributed by atoms with Crippen molar-refractivity contribution in [3.05, 3.63) is 65.2 Å². The number of aryl methyl sites for hydroxylation is 1. The van der Waals surface area contributed by atoms with Crippen LogP contribution in [0.4, 0.5) is 0 Å². The molecule has 2 aromatic rings. The summed E-state index contributed by atoms with van der Waals surface area (Å²) in [7, 11) is 1.71. The first-order chi connectivity index (χ1) is 9.83. The van der Waals surface area contributed by atoms with E-state index in [0.29, 0.717) is 0 Å². The number of methoxy groups -OCH3 is 1. The Balaban J connectivity index is 1.81. The van der Waals surface area contributed by atoms with E-state index in [2.05, 4.69) is 48.6 Å². The van der Waals surface area contributed by atoms with Gasteiger partial charge in [-0.1, -0.05) is 43.3 Å². The maximum Gasteiger partial charge on any atom is 0.119 e. The zero-order valence-electron chi connectivity index (χ0n) is 12.4. The molecule has 20 heavy (non-hydrogen) atoms. The average molecular weight is 269 g/mol. The predicted octanol–water partition coefficient (Wildman–Crippen LogP) is 3.59. The maximum absolute atomic E-state index is 5.24. The lowest BCUT2D eigenvalue weighted by molar-refractivity contribution is 0.414. The standard InChI is InChI=1S/C18H23NO/c1-3-16-8-4-5-9-17(16)14-19-12-11-15-7-6-10-18(13-15)20-2/h4-10,13,19H,3,11-12,14H2,1-2H3. The highest BCUT2D eigenvalue weighted by Crippen LogP contribution is 2.13. The monoisotopic (exact) mass is 269 g/mol. The Morgan fingerprint density at radius 1 is 1.00 bits per heavy atom. The number of benzene rings is 2. The molecule has 2 heteroatoms. The summed E-state index contributed by atoms with van der Waals surface area (Å²) < 4.78 is 5.24. The molecule has 0 aliphatic rings. The molecule has 1 N–H and O–H groups in total. The van der Waals surface area contributed by atoms with E-state index in [4.69, 9.17) is 4.74 Å². The van der Waals surface area contributed by atoms with Gasteiger partial charge in [0.15, 0.2) is 0 Å². The predicted molar refractivity (Wildman–Crippen MR) is 84.2 cm³/mol. The number of hydrogen-bond acceptors (Lipinski definition) is 2. The minimum Gasteiger partial charge on any atom is -0.497 e. The van der Waals surface area contributed by atoms with E-state index >= 15 is 0 Å². The zero-order valence-corrected chi connectivity index (χ0v) is 12.4. The van der Waals surface area contributed by atoms with Crippen molar-refractivity contribution in [2.24, 2.45) is 0 Å². The summed E-state index contributed by atoms with van der Waals surface area (Å²) in [4.78, 5) is 0. The molecule has 0 spiro atoms. The summed E-state index contributed by atoms with van der Waals surface area (Å²) in [6.07, 6.45) is 2.11. The second kappa shape index (κ2) is 7.71. The Morgan fingerprint density at radius 3 is 2.55 bits per heavy atom. The van der Waals surface area contributed by atoms with Gasteiger partial charge >= 0.3 is 0 Å². The normalized spacial score (nSPS) is 10.5. The Morgan fingerprint density at radius 2 is 1.80 bits per heavy atom. The minimum atomic E-state index is 0.929. The van der Waals surface area contributed by atoms with Crippen LogP contribution >= 0.6 is 0 Å². The SMILES string of the molecule is CCc1ccccc1CNCCc1cccc(OC)c1. The van der Waals surface area contributed by atoms with Crippen LogP contribution in [-0.4, -0.2) is 13.7 Å². The number of nitrogens with one attached hydrogen (secondary N) is 1. The molecule has 0 unspecified atom stereocenters. The highest BCUT2D eigenvalue weighted by atomic mass is 16.5. The van der Waals surface area contributed by atoms with E-state index in [1.807, 2.05) is 12.1 Å². The summed E-state index contributed by atoms with van der Waals surface area (Å²) in [6.45, 7) is 4.12. The van der Waals surface area contributed by atoms with Gasteiger partial charge in [0.2, 0.25) is 0 Å². The average Bonchev–Trinajstić information content (AvgIpc) is 2.52. The first-order valence-electron chi connectivity index (χ1n) is 7.24. The minimum absolute atomic E-state index is 0.929. The van der Waals surface area contributed by atoms with Crippen LogP contribution in [0.1, 0.15) is 23.6 Å². The molecule has 106 valence electrons. The fraction of sp³-hybridized carbons (Fsp3) is 0.333. The molecule has 0 aromatic heterocycles. The second-order valence-corrected chi connectivity index (χ2v) is 4.90. The summed E-state index contributed by atoms with van der Waals surface area (Å²) in [5.74, 6) is 0.929. The Labute approximate surface area is 121 Å². The highest BCUT2D eigenvalue weighted by molar-refractivity contribution is 5.29. The van der Waals surface area contributed by atoms with Crippen LogP contribution < -0.4 is 10.1 Å². The zero-order chi connectivity index (χ0) is 14.2. The van der Waals surface area contributed by atoms with Gasteiger partial charge in [-0.2, -0.15) is 0 Å². The third kappa shape index (κ3) is 4.10. The van der Waals surface area contributed by atoms with Crippen molar-refractivity contribution in [1.82, 2.24) is 5.32 Å². The van der Waals surface area contributed by atoms with Gasteiger partial charge in [-0.15, -0.1) is 0 Å². The molecule has 0 atom stereocenters. The Hall–Kier alpha value is -1.80. The Kier molecular flexibility index (Phi) is 5.63. The van der Waals surface area contributed by atoms with Crippen LogP contribution in [-0.2, 0) is 19.4 Å². The van der Waals surface area contributed by atoms with Gasteiger partial charge in [-0.05, 0) is 48.2 Å². The van der Waals surface area contributed by atoms with Crippen LogP contribution in [0.2, 0.25) is 0 Å². The van der Waals surface area contributed by atoms with Gasteiger partial charge in [0.05, 0.1) is 7.11 Å². The summed E-state index contributed by atoms with van der Waals surface area (Å²) >= 11 is 0. The third-order valence-corrected chi connectivity index (χ3v) is 3.54. The number of ether oxygens (including phenoxy) is 1. The fourth-order valence-corrected chi connectivity index (χ4v) is 2.36. The van der Waals surface area contributed by atoms with E-state index < -0.39 is 0 Å². The van der Waals surface area contributed by atoms with Gasteiger partial charge in [-0.25, -0.2) is 0 Å². The lowest BCUT2D eigenvalue weighted by Gasteiger charge is -2.09. The van der Waals surface area contributed by atoms with E-state index in [0.717, 1.165) is 31.7 Å². The van der Waals surface area contributed by atoms with Crippen LogP contribution in [0.25, 0.3) is 0 Å². The van der Waals surface area contributed by atoms with Crippen LogP contribution in [0.5, 0.6) is 5.75 Å². The molecule has 2 nitrogen and oxygen atoms in total. The Bertz CT molecular complexity index is 536. The summed E-state index contributed by atoms with van der Waals surface area (Å²) in [6, 6.07) is 16.9. The molecule has 0 aliphatic carbocycles.